The second kappa shape index (κ2) is 8.49. The quantitative estimate of drug-likeness (QED) is 0.665. The molecule has 1 saturated heterocycles. The smallest absolute Gasteiger partial charge is 0.255 e. The lowest BCUT2D eigenvalue weighted by atomic mass is 10.1. The van der Waals surface area contributed by atoms with E-state index in [4.69, 9.17) is 16.3 Å². The monoisotopic (exact) mass is 408 g/mol. The lowest BCUT2D eigenvalue weighted by molar-refractivity contribution is 0.102. The van der Waals surface area contributed by atoms with E-state index in [9.17, 15) is 4.79 Å². The molecule has 0 bridgehead atoms. The fourth-order valence-corrected chi connectivity index (χ4v) is 3.62. The summed E-state index contributed by atoms with van der Waals surface area (Å²) in [5, 5.41) is 12.0. The molecule has 2 heterocycles. The van der Waals surface area contributed by atoms with Crippen LogP contribution in [0.4, 0.5) is 11.5 Å². The summed E-state index contributed by atoms with van der Waals surface area (Å²) in [6.45, 7) is 2.05. The van der Waals surface area contributed by atoms with Crippen molar-refractivity contribution in [2.24, 2.45) is 0 Å². The van der Waals surface area contributed by atoms with Crippen LogP contribution in [-0.2, 0) is 0 Å². The van der Waals surface area contributed by atoms with E-state index in [1.54, 1.807) is 37.4 Å². The molecule has 0 saturated carbocycles. The van der Waals surface area contributed by atoms with Crippen LogP contribution in [0.15, 0.2) is 54.6 Å². The fraction of sp³-hybridized carbons (Fsp3) is 0.227. The van der Waals surface area contributed by atoms with Gasteiger partial charge >= 0.3 is 0 Å². The van der Waals surface area contributed by atoms with Gasteiger partial charge in [-0.15, -0.1) is 10.2 Å². The van der Waals surface area contributed by atoms with E-state index >= 15 is 0 Å². The minimum absolute atomic E-state index is 0.227. The van der Waals surface area contributed by atoms with Gasteiger partial charge in [-0.3, -0.25) is 4.79 Å². The minimum atomic E-state index is -0.227. The Morgan fingerprint density at radius 2 is 1.90 bits per heavy atom. The molecule has 1 aliphatic heterocycles. The Kier molecular flexibility index (Phi) is 5.62. The molecule has 1 amide bonds. The second-order valence-corrected chi connectivity index (χ2v) is 7.26. The molecule has 2 aromatic carbocycles. The van der Waals surface area contributed by atoms with Gasteiger partial charge in [-0.2, -0.15) is 0 Å². The number of benzene rings is 2. The van der Waals surface area contributed by atoms with Gasteiger partial charge < -0.3 is 15.0 Å². The number of carbonyl (C=O) groups excluding carboxylic acids is 1. The largest absolute Gasteiger partial charge is 0.495 e. The average molecular weight is 409 g/mol. The van der Waals surface area contributed by atoms with Crippen molar-refractivity contribution in [3.63, 3.8) is 0 Å². The molecule has 0 aliphatic carbocycles. The standard InChI is InChI=1S/C22H21ClN4O2/c1-29-20-9-7-17(14-18(20)23)24-22(28)16-6-4-5-15(13-16)19-8-10-21(26-25-19)27-11-2-3-12-27/h4-10,13-14H,2-3,11-12H2,1H3,(H,24,28). The Morgan fingerprint density at radius 1 is 1.07 bits per heavy atom. The lowest BCUT2D eigenvalue weighted by Gasteiger charge is -2.15. The number of hydrogen-bond donors (Lipinski definition) is 1. The average Bonchev–Trinajstić information content (AvgIpc) is 3.29. The summed E-state index contributed by atoms with van der Waals surface area (Å²) in [6.07, 6.45) is 2.39. The lowest BCUT2D eigenvalue weighted by Crippen LogP contribution is -2.19. The van der Waals surface area contributed by atoms with Crippen molar-refractivity contribution in [1.82, 2.24) is 10.2 Å². The number of anilines is 2. The molecule has 1 aromatic heterocycles. The zero-order valence-corrected chi connectivity index (χ0v) is 16.8. The Balaban J connectivity index is 1.50. The van der Waals surface area contributed by atoms with E-state index in [2.05, 4.69) is 20.4 Å². The molecule has 0 unspecified atom stereocenters. The molecule has 1 aliphatic rings. The molecule has 7 heteroatoms. The van der Waals surface area contributed by atoms with Crippen LogP contribution in [0.3, 0.4) is 0 Å². The summed E-state index contributed by atoms with van der Waals surface area (Å²) >= 11 is 6.13. The molecule has 0 radical (unpaired) electrons. The summed E-state index contributed by atoms with van der Waals surface area (Å²) in [5.74, 6) is 1.23. The van der Waals surface area contributed by atoms with Crippen molar-refractivity contribution in [1.29, 1.82) is 0 Å². The number of amides is 1. The van der Waals surface area contributed by atoms with E-state index < -0.39 is 0 Å². The number of nitrogens with one attached hydrogen (secondary N) is 1. The van der Waals surface area contributed by atoms with Crippen molar-refractivity contribution in [2.75, 3.05) is 30.4 Å². The maximum absolute atomic E-state index is 12.7. The van der Waals surface area contributed by atoms with Crippen LogP contribution < -0.4 is 15.0 Å². The molecule has 6 nitrogen and oxygen atoms in total. The number of ether oxygens (including phenoxy) is 1. The van der Waals surface area contributed by atoms with Crippen LogP contribution in [-0.4, -0.2) is 36.3 Å². The summed E-state index contributed by atoms with van der Waals surface area (Å²) in [6, 6.07) is 16.4. The highest BCUT2D eigenvalue weighted by atomic mass is 35.5. The van der Waals surface area contributed by atoms with E-state index in [1.807, 2.05) is 24.3 Å². The van der Waals surface area contributed by atoms with Gasteiger partial charge in [-0.05, 0) is 55.3 Å². The first-order chi connectivity index (χ1) is 14.1. The Hall–Kier alpha value is -3.12. The minimum Gasteiger partial charge on any atom is -0.495 e. The molecule has 0 atom stereocenters. The van der Waals surface area contributed by atoms with Gasteiger partial charge in [0.1, 0.15) is 5.75 Å². The molecular formula is C22H21ClN4O2. The highest BCUT2D eigenvalue weighted by molar-refractivity contribution is 6.32. The van der Waals surface area contributed by atoms with E-state index in [0.717, 1.165) is 30.2 Å². The van der Waals surface area contributed by atoms with Crippen molar-refractivity contribution < 1.29 is 9.53 Å². The molecule has 4 rings (SSSR count). The van der Waals surface area contributed by atoms with Gasteiger partial charge in [0.2, 0.25) is 0 Å². The maximum atomic E-state index is 12.7. The second-order valence-electron chi connectivity index (χ2n) is 6.86. The summed E-state index contributed by atoms with van der Waals surface area (Å²) < 4.78 is 5.13. The Bertz CT molecular complexity index is 1020. The van der Waals surface area contributed by atoms with Crippen molar-refractivity contribution in [2.45, 2.75) is 12.8 Å². The SMILES string of the molecule is COc1ccc(NC(=O)c2cccc(-c3ccc(N4CCCC4)nn3)c2)cc1Cl. The van der Waals surface area contributed by atoms with Gasteiger partial charge in [-0.25, -0.2) is 0 Å². The van der Waals surface area contributed by atoms with Gasteiger partial charge in [0.05, 0.1) is 17.8 Å². The zero-order valence-electron chi connectivity index (χ0n) is 16.1. The third-order valence-electron chi connectivity index (χ3n) is 4.91. The third kappa shape index (κ3) is 4.32. The number of carbonyl (C=O) groups is 1. The number of rotatable bonds is 5. The molecule has 1 N–H and O–H groups in total. The van der Waals surface area contributed by atoms with Crippen molar-refractivity contribution in [3.05, 3.63) is 65.2 Å². The normalized spacial score (nSPS) is 13.4. The molecule has 0 spiro atoms. The summed E-state index contributed by atoms with van der Waals surface area (Å²) in [7, 11) is 1.55. The number of methoxy groups -OCH3 is 1. The molecule has 1 fully saturated rings. The molecule has 148 valence electrons. The topological polar surface area (TPSA) is 67.3 Å². The van der Waals surface area contributed by atoms with Crippen LogP contribution >= 0.6 is 11.6 Å². The highest BCUT2D eigenvalue weighted by Gasteiger charge is 2.14. The Labute approximate surface area is 174 Å². The third-order valence-corrected chi connectivity index (χ3v) is 5.21. The predicted octanol–water partition coefficient (Wildman–Crippen LogP) is 4.66. The number of hydrogen-bond acceptors (Lipinski definition) is 5. The van der Waals surface area contributed by atoms with Crippen LogP contribution in [0, 0.1) is 0 Å². The summed E-state index contributed by atoms with van der Waals surface area (Å²) in [4.78, 5) is 14.9. The van der Waals surface area contributed by atoms with Gasteiger partial charge in [0.25, 0.3) is 5.91 Å². The molecule has 29 heavy (non-hydrogen) atoms. The van der Waals surface area contributed by atoms with Crippen LogP contribution in [0.2, 0.25) is 5.02 Å². The van der Waals surface area contributed by atoms with Gasteiger partial charge in [0.15, 0.2) is 5.82 Å². The van der Waals surface area contributed by atoms with Crippen molar-refractivity contribution >= 4 is 29.0 Å². The van der Waals surface area contributed by atoms with Gasteiger partial charge in [0, 0.05) is 29.9 Å². The predicted molar refractivity (Wildman–Crippen MR) is 115 cm³/mol. The first-order valence-corrected chi connectivity index (χ1v) is 9.86. The van der Waals surface area contributed by atoms with E-state index in [-0.39, 0.29) is 5.91 Å². The molecular weight excluding hydrogens is 388 g/mol. The Morgan fingerprint density at radius 3 is 2.59 bits per heavy atom. The first-order valence-electron chi connectivity index (χ1n) is 9.48. The van der Waals surface area contributed by atoms with Gasteiger partial charge in [-0.1, -0.05) is 23.7 Å². The number of aromatic nitrogens is 2. The van der Waals surface area contributed by atoms with Crippen LogP contribution in [0.5, 0.6) is 5.75 Å². The fourth-order valence-electron chi connectivity index (χ4n) is 3.36. The van der Waals surface area contributed by atoms with E-state index in [1.165, 1.54) is 12.8 Å². The maximum Gasteiger partial charge on any atom is 0.255 e. The zero-order chi connectivity index (χ0) is 20.2. The van der Waals surface area contributed by atoms with E-state index in [0.29, 0.717) is 22.0 Å². The highest BCUT2D eigenvalue weighted by Crippen LogP contribution is 2.28. The molecule has 3 aromatic rings. The number of nitrogens with zero attached hydrogens (tertiary/aromatic N) is 3. The first kappa shape index (κ1) is 19.2. The van der Waals surface area contributed by atoms with Crippen LogP contribution in [0.25, 0.3) is 11.3 Å². The summed E-state index contributed by atoms with van der Waals surface area (Å²) in [5.41, 5.74) is 2.70. The number of halogens is 1. The van der Waals surface area contributed by atoms with Crippen molar-refractivity contribution in [3.8, 4) is 17.0 Å². The van der Waals surface area contributed by atoms with Crippen LogP contribution in [0.1, 0.15) is 23.2 Å².